The van der Waals surface area contributed by atoms with Gasteiger partial charge in [0.2, 0.25) is 0 Å². The Morgan fingerprint density at radius 3 is 2.90 bits per heavy atom. The van der Waals surface area contributed by atoms with Crippen LogP contribution < -0.4 is 0 Å². The Hall–Kier alpha value is -1.89. The number of rotatable bonds is 5. The topological polar surface area (TPSA) is 80.9 Å². The van der Waals surface area contributed by atoms with Crippen LogP contribution in [0.2, 0.25) is 0 Å². The van der Waals surface area contributed by atoms with Gasteiger partial charge in [-0.15, -0.1) is 5.10 Å². The standard InChI is InChI=1S/C14H16N4O2S/c19-14(20)9-21-13-8-11(10-4-1-2-5-10)17-18(13)12-6-3-7-15-16-12/h3,6-8,10H,1-2,4-5,9H2,(H,19,20). The van der Waals surface area contributed by atoms with E-state index in [1.807, 2.05) is 12.1 Å². The molecule has 2 heterocycles. The molecular weight excluding hydrogens is 288 g/mol. The molecule has 2 aromatic heterocycles. The van der Waals surface area contributed by atoms with Gasteiger partial charge in [0.25, 0.3) is 0 Å². The van der Waals surface area contributed by atoms with Crippen LogP contribution in [-0.4, -0.2) is 36.8 Å². The Morgan fingerprint density at radius 2 is 2.24 bits per heavy atom. The minimum Gasteiger partial charge on any atom is -0.481 e. The largest absolute Gasteiger partial charge is 0.481 e. The maximum Gasteiger partial charge on any atom is 0.313 e. The molecule has 6 nitrogen and oxygen atoms in total. The molecule has 110 valence electrons. The highest BCUT2D eigenvalue weighted by Gasteiger charge is 2.22. The molecule has 0 saturated heterocycles. The van der Waals surface area contributed by atoms with Gasteiger partial charge in [-0.2, -0.15) is 10.2 Å². The average Bonchev–Trinajstić information content (AvgIpc) is 3.15. The van der Waals surface area contributed by atoms with Crippen LogP contribution in [0.15, 0.2) is 29.4 Å². The molecule has 0 bridgehead atoms. The van der Waals surface area contributed by atoms with E-state index in [0.717, 1.165) is 23.6 Å². The SMILES string of the molecule is O=C(O)CSc1cc(C2CCCC2)nn1-c1cccnn1. The van der Waals surface area contributed by atoms with Gasteiger partial charge in [0, 0.05) is 12.1 Å². The van der Waals surface area contributed by atoms with Crippen molar-refractivity contribution in [3.8, 4) is 5.82 Å². The van der Waals surface area contributed by atoms with E-state index >= 15 is 0 Å². The highest BCUT2D eigenvalue weighted by molar-refractivity contribution is 7.99. The molecule has 0 radical (unpaired) electrons. The minimum atomic E-state index is -0.839. The zero-order valence-corrected chi connectivity index (χ0v) is 12.3. The van der Waals surface area contributed by atoms with Crippen molar-refractivity contribution in [3.05, 3.63) is 30.1 Å². The Balaban J connectivity index is 1.93. The summed E-state index contributed by atoms with van der Waals surface area (Å²) in [6.07, 6.45) is 6.39. The van der Waals surface area contributed by atoms with Gasteiger partial charge in [0.1, 0.15) is 5.03 Å². The first-order valence-corrected chi connectivity index (χ1v) is 7.95. The van der Waals surface area contributed by atoms with Crippen molar-refractivity contribution in [2.75, 3.05) is 5.75 Å². The summed E-state index contributed by atoms with van der Waals surface area (Å²) < 4.78 is 1.70. The maximum atomic E-state index is 10.8. The van der Waals surface area contributed by atoms with Crippen molar-refractivity contribution < 1.29 is 9.90 Å². The molecule has 1 aliphatic rings. The predicted octanol–water partition coefficient (Wildman–Crippen LogP) is 2.50. The Labute approximate surface area is 126 Å². The molecule has 1 saturated carbocycles. The molecule has 7 heteroatoms. The number of carboxylic acids is 1. The third kappa shape index (κ3) is 3.24. The summed E-state index contributed by atoms with van der Waals surface area (Å²) in [7, 11) is 0. The van der Waals surface area contributed by atoms with Gasteiger partial charge in [-0.05, 0) is 31.0 Å². The summed E-state index contributed by atoms with van der Waals surface area (Å²) in [6.45, 7) is 0. The van der Waals surface area contributed by atoms with Crippen LogP contribution in [-0.2, 0) is 4.79 Å². The number of carbonyl (C=O) groups is 1. The lowest BCUT2D eigenvalue weighted by Gasteiger charge is -2.04. The normalized spacial score (nSPS) is 15.4. The van der Waals surface area contributed by atoms with E-state index < -0.39 is 5.97 Å². The van der Waals surface area contributed by atoms with Crippen LogP contribution in [0.5, 0.6) is 0 Å². The number of aromatic nitrogens is 4. The lowest BCUT2D eigenvalue weighted by molar-refractivity contribution is -0.133. The quantitative estimate of drug-likeness (QED) is 0.855. The van der Waals surface area contributed by atoms with E-state index in [-0.39, 0.29) is 5.75 Å². The van der Waals surface area contributed by atoms with Crippen LogP contribution in [0.1, 0.15) is 37.3 Å². The number of carboxylic acid groups (broad SMARTS) is 1. The van der Waals surface area contributed by atoms with Crippen molar-refractivity contribution in [2.24, 2.45) is 0 Å². The van der Waals surface area contributed by atoms with Crippen molar-refractivity contribution in [2.45, 2.75) is 36.6 Å². The fraction of sp³-hybridized carbons (Fsp3) is 0.429. The number of aliphatic carboxylic acids is 1. The number of nitrogens with zero attached hydrogens (tertiary/aromatic N) is 4. The fourth-order valence-electron chi connectivity index (χ4n) is 2.61. The second-order valence-corrected chi connectivity index (χ2v) is 6.06. The van der Waals surface area contributed by atoms with Crippen LogP contribution in [0.25, 0.3) is 5.82 Å². The van der Waals surface area contributed by atoms with Crippen LogP contribution in [0.3, 0.4) is 0 Å². The summed E-state index contributed by atoms with van der Waals surface area (Å²) in [4.78, 5) is 10.8. The Kier molecular flexibility index (Phi) is 4.19. The van der Waals surface area contributed by atoms with Gasteiger partial charge < -0.3 is 5.11 Å². The Morgan fingerprint density at radius 1 is 1.43 bits per heavy atom. The molecule has 0 spiro atoms. The smallest absolute Gasteiger partial charge is 0.313 e. The summed E-state index contributed by atoms with van der Waals surface area (Å²) in [5.41, 5.74) is 1.03. The van der Waals surface area contributed by atoms with Gasteiger partial charge >= 0.3 is 5.97 Å². The van der Waals surface area contributed by atoms with Gasteiger partial charge in [0.05, 0.1) is 11.4 Å². The molecule has 0 atom stereocenters. The Bertz CT molecular complexity index is 623. The second kappa shape index (κ2) is 6.26. The van der Waals surface area contributed by atoms with Gasteiger partial charge in [0.15, 0.2) is 5.82 Å². The lowest BCUT2D eigenvalue weighted by Crippen LogP contribution is -2.05. The molecule has 0 aliphatic heterocycles. The second-order valence-electron chi connectivity index (χ2n) is 5.06. The average molecular weight is 304 g/mol. The zero-order valence-electron chi connectivity index (χ0n) is 11.5. The predicted molar refractivity (Wildman–Crippen MR) is 78.7 cm³/mol. The molecule has 2 aromatic rings. The maximum absolute atomic E-state index is 10.8. The first-order valence-electron chi connectivity index (χ1n) is 6.96. The molecule has 0 aromatic carbocycles. The molecule has 3 rings (SSSR count). The first kappa shape index (κ1) is 14.1. The summed E-state index contributed by atoms with van der Waals surface area (Å²) >= 11 is 1.26. The van der Waals surface area contributed by atoms with E-state index in [1.165, 1.54) is 24.6 Å². The van der Waals surface area contributed by atoms with Crippen molar-refractivity contribution >= 4 is 17.7 Å². The van der Waals surface area contributed by atoms with Gasteiger partial charge in [-0.3, -0.25) is 4.79 Å². The van der Waals surface area contributed by atoms with Gasteiger partial charge in [-0.25, -0.2) is 4.68 Å². The van der Waals surface area contributed by atoms with Crippen LogP contribution in [0, 0.1) is 0 Å². The van der Waals surface area contributed by atoms with E-state index in [2.05, 4.69) is 15.3 Å². The monoisotopic (exact) mass is 304 g/mol. The lowest BCUT2D eigenvalue weighted by atomic mass is 10.1. The molecule has 0 amide bonds. The minimum absolute atomic E-state index is 0.00998. The zero-order chi connectivity index (χ0) is 14.7. The third-order valence-electron chi connectivity index (χ3n) is 3.59. The van der Waals surface area contributed by atoms with E-state index in [4.69, 9.17) is 5.11 Å². The summed E-state index contributed by atoms with van der Waals surface area (Å²) in [5, 5.41) is 22.3. The first-order chi connectivity index (χ1) is 10.2. The molecule has 1 fully saturated rings. The van der Waals surface area contributed by atoms with Crippen molar-refractivity contribution in [3.63, 3.8) is 0 Å². The molecule has 0 unspecified atom stereocenters. The van der Waals surface area contributed by atoms with Crippen LogP contribution in [0.4, 0.5) is 0 Å². The number of hydrogen-bond donors (Lipinski definition) is 1. The number of thioether (sulfide) groups is 1. The van der Waals surface area contributed by atoms with E-state index in [9.17, 15) is 4.79 Å². The third-order valence-corrected chi connectivity index (χ3v) is 4.57. The number of hydrogen-bond acceptors (Lipinski definition) is 5. The summed E-state index contributed by atoms with van der Waals surface area (Å²) in [6, 6.07) is 5.62. The van der Waals surface area contributed by atoms with Crippen molar-refractivity contribution in [1.82, 2.24) is 20.0 Å². The van der Waals surface area contributed by atoms with Crippen molar-refractivity contribution in [1.29, 1.82) is 0 Å². The molecule has 21 heavy (non-hydrogen) atoms. The molecule has 1 N–H and O–H groups in total. The summed E-state index contributed by atoms with van der Waals surface area (Å²) in [5.74, 6) is 0.270. The highest BCUT2D eigenvalue weighted by atomic mass is 32.2. The molecular formula is C14H16N4O2S. The van der Waals surface area contributed by atoms with Crippen LogP contribution >= 0.6 is 11.8 Å². The van der Waals surface area contributed by atoms with E-state index in [0.29, 0.717) is 11.7 Å². The highest BCUT2D eigenvalue weighted by Crippen LogP contribution is 2.35. The van der Waals surface area contributed by atoms with Gasteiger partial charge in [-0.1, -0.05) is 24.6 Å². The molecule has 1 aliphatic carbocycles. The van der Waals surface area contributed by atoms with E-state index in [1.54, 1.807) is 16.9 Å². The fourth-order valence-corrected chi connectivity index (χ4v) is 3.34.